The molecule has 0 radical (unpaired) electrons. The maximum atomic E-state index is 9.33. The van der Waals surface area contributed by atoms with Crippen molar-refractivity contribution < 1.29 is 5.11 Å². The second-order valence-corrected chi connectivity index (χ2v) is 5.91. The van der Waals surface area contributed by atoms with E-state index in [4.69, 9.17) is 0 Å². The van der Waals surface area contributed by atoms with Crippen LogP contribution in [0.15, 0.2) is 48.5 Å². The summed E-state index contributed by atoms with van der Waals surface area (Å²) in [6, 6.07) is 15.7. The zero-order valence-corrected chi connectivity index (χ0v) is 14.3. The van der Waals surface area contributed by atoms with Crippen molar-refractivity contribution in [2.45, 2.75) is 39.5 Å². The molecule has 0 saturated carbocycles. The van der Waals surface area contributed by atoms with Gasteiger partial charge in [-0.25, -0.2) is 0 Å². The van der Waals surface area contributed by atoms with E-state index in [2.05, 4.69) is 48.3 Å². The lowest BCUT2D eigenvalue weighted by molar-refractivity contribution is 0.475. The van der Waals surface area contributed by atoms with Gasteiger partial charge in [-0.3, -0.25) is 0 Å². The van der Waals surface area contributed by atoms with Crippen LogP contribution in [0.2, 0.25) is 0 Å². The molecule has 2 N–H and O–H groups in total. The third-order valence-electron chi connectivity index (χ3n) is 3.95. The summed E-state index contributed by atoms with van der Waals surface area (Å²) in [5.41, 5.74) is 3.33. The number of nitrogens with zero attached hydrogens (tertiary/aromatic N) is 1. The highest BCUT2D eigenvalue weighted by molar-refractivity contribution is 5.63. The Bertz CT molecular complexity index is 555. The molecule has 0 spiro atoms. The van der Waals surface area contributed by atoms with Crippen LogP contribution in [0.1, 0.15) is 39.5 Å². The van der Waals surface area contributed by atoms with Crippen LogP contribution < -0.4 is 10.2 Å². The molecule has 0 fully saturated rings. The summed E-state index contributed by atoms with van der Waals surface area (Å²) < 4.78 is 0. The van der Waals surface area contributed by atoms with E-state index in [1.165, 1.54) is 31.4 Å². The number of hydrogen-bond donors (Lipinski definition) is 2. The van der Waals surface area contributed by atoms with Crippen molar-refractivity contribution in [3.05, 3.63) is 48.5 Å². The topological polar surface area (TPSA) is 35.5 Å². The van der Waals surface area contributed by atoms with Gasteiger partial charge in [0.25, 0.3) is 0 Å². The predicted octanol–water partition coefficient (Wildman–Crippen LogP) is 5.54. The third kappa shape index (κ3) is 5.51. The molecular weight excluding hydrogens is 284 g/mol. The molecule has 2 aromatic rings. The molecule has 2 rings (SSSR count). The van der Waals surface area contributed by atoms with Crippen LogP contribution >= 0.6 is 0 Å². The predicted molar refractivity (Wildman–Crippen MR) is 99.9 cm³/mol. The normalized spacial score (nSPS) is 10.5. The van der Waals surface area contributed by atoms with Crippen LogP contribution in [0.3, 0.4) is 0 Å². The number of nitrogens with one attached hydrogen (secondary N) is 1. The first-order valence-corrected chi connectivity index (χ1v) is 8.64. The van der Waals surface area contributed by atoms with Crippen LogP contribution in [-0.4, -0.2) is 18.2 Å². The molecule has 3 nitrogen and oxygen atoms in total. The van der Waals surface area contributed by atoms with E-state index in [0.717, 1.165) is 24.5 Å². The molecule has 0 amide bonds. The lowest BCUT2D eigenvalue weighted by Crippen LogP contribution is -2.25. The summed E-state index contributed by atoms with van der Waals surface area (Å²) >= 11 is 0. The summed E-state index contributed by atoms with van der Waals surface area (Å²) in [4.78, 5) is 2.48. The van der Waals surface area contributed by atoms with Crippen LogP contribution in [0.4, 0.5) is 17.1 Å². The first-order valence-electron chi connectivity index (χ1n) is 8.64. The third-order valence-corrected chi connectivity index (χ3v) is 3.95. The fourth-order valence-electron chi connectivity index (χ4n) is 2.53. The second kappa shape index (κ2) is 9.09. The lowest BCUT2D eigenvalue weighted by Gasteiger charge is -2.25. The smallest absolute Gasteiger partial charge is 0.115 e. The van der Waals surface area contributed by atoms with Crippen molar-refractivity contribution in [3.8, 4) is 5.75 Å². The maximum absolute atomic E-state index is 9.33. The first-order chi connectivity index (χ1) is 11.2. The Labute approximate surface area is 140 Å². The molecule has 0 heterocycles. The van der Waals surface area contributed by atoms with Crippen molar-refractivity contribution in [3.63, 3.8) is 0 Å². The minimum absolute atomic E-state index is 0.286. The zero-order valence-electron chi connectivity index (χ0n) is 14.3. The van der Waals surface area contributed by atoms with Crippen LogP contribution in [0.5, 0.6) is 5.75 Å². The molecule has 124 valence electrons. The molecule has 0 aromatic heterocycles. The standard InChI is InChI=1S/C20H28N2O/c1-3-5-15-22(16-6-4-2)19-11-7-17(8-12-19)21-18-9-13-20(23)14-10-18/h7-14,21,23H,3-6,15-16H2,1-2H3. The van der Waals surface area contributed by atoms with Crippen molar-refractivity contribution in [2.24, 2.45) is 0 Å². The molecule has 0 atom stereocenters. The van der Waals surface area contributed by atoms with Gasteiger partial charge in [0.15, 0.2) is 0 Å². The molecule has 0 bridgehead atoms. The molecule has 2 aromatic carbocycles. The second-order valence-electron chi connectivity index (χ2n) is 5.91. The van der Waals surface area contributed by atoms with E-state index in [9.17, 15) is 5.11 Å². The number of phenolic OH excluding ortho intramolecular Hbond substituents is 1. The van der Waals surface area contributed by atoms with Gasteiger partial charge in [-0.05, 0) is 61.4 Å². The molecule has 0 aliphatic rings. The summed E-state index contributed by atoms with van der Waals surface area (Å²) in [6.45, 7) is 6.73. The van der Waals surface area contributed by atoms with E-state index >= 15 is 0 Å². The fraction of sp³-hybridized carbons (Fsp3) is 0.400. The molecule has 3 heteroatoms. The van der Waals surface area contributed by atoms with Gasteiger partial charge in [-0.2, -0.15) is 0 Å². The quantitative estimate of drug-likeness (QED) is 0.596. The summed E-state index contributed by atoms with van der Waals surface area (Å²) in [5, 5.41) is 12.7. The number of aromatic hydroxyl groups is 1. The van der Waals surface area contributed by atoms with Crippen molar-refractivity contribution in [1.82, 2.24) is 0 Å². The number of unbranched alkanes of at least 4 members (excludes halogenated alkanes) is 2. The Kier molecular flexibility index (Phi) is 6.79. The Balaban J connectivity index is 2.02. The fourth-order valence-corrected chi connectivity index (χ4v) is 2.53. The zero-order chi connectivity index (χ0) is 16.5. The van der Waals surface area contributed by atoms with Gasteiger partial charge in [0.2, 0.25) is 0 Å². The van der Waals surface area contributed by atoms with Gasteiger partial charge < -0.3 is 15.3 Å². The minimum atomic E-state index is 0.286. The van der Waals surface area contributed by atoms with E-state index in [-0.39, 0.29) is 5.75 Å². The highest BCUT2D eigenvalue weighted by atomic mass is 16.3. The largest absolute Gasteiger partial charge is 0.508 e. The average Bonchev–Trinajstić information content (AvgIpc) is 2.58. The molecule has 0 aliphatic heterocycles. The average molecular weight is 312 g/mol. The summed E-state index contributed by atoms with van der Waals surface area (Å²) in [6.07, 6.45) is 4.92. The Morgan fingerprint density at radius 1 is 0.783 bits per heavy atom. The van der Waals surface area contributed by atoms with E-state index in [1.54, 1.807) is 12.1 Å². The van der Waals surface area contributed by atoms with E-state index < -0.39 is 0 Å². The summed E-state index contributed by atoms with van der Waals surface area (Å²) in [5.74, 6) is 0.286. The number of benzene rings is 2. The highest BCUT2D eigenvalue weighted by Gasteiger charge is 2.05. The number of phenols is 1. The molecular formula is C20H28N2O. The van der Waals surface area contributed by atoms with E-state index in [0.29, 0.717) is 0 Å². The Hall–Kier alpha value is -2.16. The van der Waals surface area contributed by atoms with Gasteiger partial charge in [-0.1, -0.05) is 26.7 Å². The van der Waals surface area contributed by atoms with Crippen LogP contribution in [-0.2, 0) is 0 Å². The number of anilines is 3. The monoisotopic (exact) mass is 312 g/mol. The Morgan fingerprint density at radius 3 is 1.74 bits per heavy atom. The van der Waals surface area contributed by atoms with Gasteiger partial charge in [0.05, 0.1) is 0 Å². The van der Waals surface area contributed by atoms with Crippen molar-refractivity contribution >= 4 is 17.1 Å². The number of hydrogen-bond acceptors (Lipinski definition) is 3. The molecule has 0 aliphatic carbocycles. The van der Waals surface area contributed by atoms with Crippen molar-refractivity contribution in [2.75, 3.05) is 23.3 Å². The van der Waals surface area contributed by atoms with E-state index in [1.807, 2.05) is 12.1 Å². The van der Waals surface area contributed by atoms with Gasteiger partial charge in [0.1, 0.15) is 5.75 Å². The Morgan fingerprint density at radius 2 is 1.26 bits per heavy atom. The SMILES string of the molecule is CCCCN(CCCC)c1ccc(Nc2ccc(O)cc2)cc1. The van der Waals surface area contributed by atoms with Crippen LogP contribution in [0.25, 0.3) is 0 Å². The van der Waals surface area contributed by atoms with Crippen LogP contribution in [0, 0.1) is 0 Å². The maximum Gasteiger partial charge on any atom is 0.115 e. The molecule has 0 saturated heterocycles. The molecule has 23 heavy (non-hydrogen) atoms. The molecule has 0 unspecified atom stereocenters. The van der Waals surface area contributed by atoms with Crippen molar-refractivity contribution in [1.29, 1.82) is 0 Å². The summed E-state index contributed by atoms with van der Waals surface area (Å²) in [7, 11) is 0. The minimum Gasteiger partial charge on any atom is -0.508 e. The first kappa shape index (κ1) is 17.2. The lowest BCUT2D eigenvalue weighted by atomic mass is 10.2. The highest BCUT2D eigenvalue weighted by Crippen LogP contribution is 2.23. The van der Waals surface area contributed by atoms with Gasteiger partial charge in [0, 0.05) is 30.2 Å². The van der Waals surface area contributed by atoms with Gasteiger partial charge in [-0.15, -0.1) is 0 Å². The number of rotatable bonds is 9. The van der Waals surface area contributed by atoms with Gasteiger partial charge >= 0.3 is 0 Å².